The fourth-order valence-corrected chi connectivity index (χ4v) is 2.39. The summed E-state index contributed by atoms with van der Waals surface area (Å²) < 4.78 is 1.15. The van der Waals surface area contributed by atoms with Crippen LogP contribution in [-0.2, 0) is 6.54 Å². The molecule has 15 heavy (non-hydrogen) atoms. The van der Waals surface area contributed by atoms with Crippen molar-refractivity contribution < 1.29 is 0 Å². The molecule has 0 unspecified atom stereocenters. The van der Waals surface area contributed by atoms with E-state index in [2.05, 4.69) is 59.5 Å². The van der Waals surface area contributed by atoms with E-state index in [0.717, 1.165) is 17.6 Å². The van der Waals surface area contributed by atoms with E-state index < -0.39 is 0 Å². The number of hydrogen-bond acceptors (Lipinski definition) is 2. The first-order chi connectivity index (χ1) is 7.13. The largest absolute Gasteiger partial charge is 0.312 e. The smallest absolute Gasteiger partial charge is 0.0217 e. The number of thioether (sulfide) groups is 1. The Bertz CT molecular complexity index is 312. The van der Waals surface area contributed by atoms with Gasteiger partial charge in [0.2, 0.25) is 0 Å². The second-order valence-corrected chi connectivity index (χ2v) is 5.74. The van der Waals surface area contributed by atoms with Crippen molar-refractivity contribution in [3.8, 4) is 0 Å². The third-order valence-electron chi connectivity index (χ3n) is 2.11. The van der Waals surface area contributed by atoms with Crippen molar-refractivity contribution in [2.75, 3.05) is 12.8 Å². The molecule has 0 bridgehead atoms. The lowest BCUT2D eigenvalue weighted by molar-refractivity contribution is 0.550. The highest BCUT2D eigenvalue weighted by atomic mass is 79.9. The Labute approximate surface area is 105 Å². The van der Waals surface area contributed by atoms with Crippen LogP contribution in [-0.4, -0.2) is 12.8 Å². The van der Waals surface area contributed by atoms with Gasteiger partial charge in [-0.3, -0.25) is 0 Å². The van der Waals surface area contributed by atoms with Gasteiger partial charge in [-0.15, -0.1) is 11.8 Å². The standard InChI is InChI=1S/C12H18BrNS/c1-9(2)7-14-8-10-6-11(13)4-5-12(10)15-3/h4-6,9,14H,7-8H2,1-3H3. The predicted molar refractivity (Wildman–Crippen MR) is 72.5 cm³/mol. The highest BCUT2D eigenvalue weighted by molar-refractivity contribution is 9.10. The molecule has 3 heteroatoms. The normalized spacial score (nSPS) is 11.0. The average molecular weight is 288 g/mol. The first-order valence-electron chi connectivity index (χ1n) is 5.16. The lowest BCUT2D eigenvalue weighted by Crippen LogP contribution is -2.19. The van der Waals surface area contributed by atoms with Gasteiger partial charge in [0.15, 0.2) is 0 Å². The third-order valence-corrected chi connectivity index (χ3v) is 3.44. The number of benzene rings is 1. The average Bonchev–Trinajstić information content (AvgIpc) is 2.17. The lowest BCUT2D eigenvalue weighted by Gasteiger charge is -2.11. The molecule has 1 rings (SSSR count). The second-order valence-electron chi connectivity index (χ2n) is 3.98. The van der Waals surface area contributed by atoms with Crippen LogP contribution in [0, 0.1) is 5.92 Å². The van der Waals surface area contributed by atoms with Gasteiger partial charge in [-0.25, -0.2) is 0 Å². The summed E-state index contributed by atoms with van der Waals surface area (Å²) in [6.07, 6.45) is 2.12. The van der Waals surface area contributed by atoms with Gasteiger partial charge in [0.25, 0.3) is 0 Å². The van der Waals surface area contributed by atoms with Gasteiger partial charge in [-0.05, 0) is 42.5 Å². The van der Waals surface area contributed by atoms with Crippen LogP contribution in [0.3, 0.4) is 0 Å². The first kappa shape index (κ1) is 13.1. The number of halogens is 1. The number of hydrogen-bond donors (Lipinski definition) is 1. The minimum absolute atomic E-state index is 0.704. The molecule has 0 aliphatic carbocycles. The molecule has 0 atom stereocenters. The van der Waals surface area contributed by atoms with Crippen molar-refractivity contribution in [3.63, 3.8) is 0 Å². The molecule has 0 spiro atoms. The molecule has 0 saturated carbocycles. The van der Waals surface area contributed by atoms with Gasteiger partial charge in [0.05, 0.1) is 0 Å². The van der Waals surface area contributed by atoms with Crippen LogP contribution in [0.4, 0.5) is 0 Å². The van der Waals surface area contributed by atoms with Crippen molar-refractivity contribution in [2.24, 2.45) is 5.92 Å². The molecule has 0 radical (unpaired) electrons. The van der Waals surface area contributed by atoms with Crippen LogP contribution >= 0.6 is 27.7 Å². The summed E-state index contributed by atoms with van der Waals surface area (Å²) in [5, 5.41) is 3.47. The Morgan fingerprint density at radius 3 is 2.73 bits per heavy atom. The summed E-state index contributed by atoms with van der Waals surface area (Å²) in [5.41, 5.74) is 1.37. The molecule has 0 saturated heterocycles. The Kier molecular flexibility index (Phi) is 5.72. The fraction of sp³-hybridized carbons (Fsp3) is 0.500. The van der Waals surface area contributed by atoms with Crippen LogP contribution in [0.1, 0.15) is 19.4 Å². The zero-order valence-corrected chi connectivity index (χ0v) is 11.9. The molecule has 1 aromatic rings. The summed E-state index contributed by atoms with van der Waals surface area (Å²) in [7, 11) is 0. The summed E-state index contributed by atoms with van der Waals surface area (Å²) >= 11 is 5.31. The van der Waals surface area contributed by atoms with Gasteiger partial charge in [0, 0.05) is 15.9 Å². The second kappa shape index (κ2) is 6.56. The Balaban J connectivity index is 2.62. The molecule has 84 valence electrons. The van der Waals surface area contributed by atoms with Crippen molar-refractivity contribution in [1.29, 1.82) is 0 Å². The van der Waals surface area contributed by atoms with E-state index in [1.54, 1.807) is 11.8 Å². The fourth-order valence-electron chi connectivity index (χ4n) is 1.38. The molecule has 1 N–H and O–H groups in total. The molecule has 0 amide bonds. The van der Waals surface area contributed by atoms with Gasteiger partial charge < -0.3 is 5.32 Å². The molecular weight excluding hydrogens is 270 g/mol. The molecule has 0 aromatic heterocycles. The van der Waals surface area contributed by atoms with Crippen molar-refractivity contribution >= 4 is 27.7 Å². The summed E-state index contributed by atoms with van der Waals surface area (Å²) in [6.45, 7) is 6.47. The molecular formula is C12H18BrNS. The van der Waals surface area contributed by atoms with E-state index in [1.807, 2.05) is 0 Å². The third kappa shape index (κ3) is 4.58. The Morgan fingerprint density at radius 2 is 2.13 bits per heavy atom. The summed E-state index contributed by atoms with van der Waals surface area (Å²) in [4.78, 5) is 1.36. The first-order valence-corrected chi connectivity index (χ1v) is 7.18. The van der Waals surface area contributed by atoms with Gasteiger partial charge in [-0.2, -0.15) is 0 Å². The zero-order chi connectivity index (χ0) is 11.3. The maximum absolute atomic E-state index is 3.51. The molecule has 0 fully saturated rings. The van der Waals surface area contributed by atoms with Crippen molar-refractivity contribution in [1.82, 2.24) is 5.32 Å². The predicted octanol–water partition coefficient (Wildman–Crippen LogP) is 3.92. The SMILES string of the molecule is CSc1ccc(Br)cc1CNCC(C)C. The molecule has 1 aromatic carbocycles. The van der Waals surface area contributed by atoms with Gasteiger partial charge in [0.1, 0.15) is 0 Å². The number of rotatable bonds is 5. The van der Waals surface area contributed by atoms with Crippen LogP contribution in [0.2, 0.25) is 0 Å². The van der Waals surface area contributed by atoms with Crippen LogP contribution in [0.5, 0.6) is 0 Å². The van der Waals surface area contributed by atoms with Crippen LogP contribution in [0.25, 0.3) is 0 Å². The monoisotopic (exact) mass is 287 g/mol. The van der Waals surface area contributed by atoms with E-state index in [-0.39, 0.29) is 0 Å². The van der Waals surface area contributed by atoms with Crippen LogP contribution in [0.15, 0.2) is 27.6 Å². The molecule has 1 nitrogen and oxygen atoms in total. The van der Waals surface area contributed by atoms with Crippen molar-refractivity contribution in [2.45, 2.75) is 25.3 Å². The van der Waals surface area contributed by atoms with Gasteiger partial charge in [-0.1, -0.05) is 29.8 Å². The minimum Gasteiger partial charge on any atom is -0.312 e. The van der Waals surface area contributed by atoms with Crippen molar-refractivity contribution in [3.05, 3.63) is 28.2 Å². The minimum atomic E-state index is 0.704. The number of nitrogens with one attached hydrogen (secondary N) is 1. The van der Waals surface area contributed by atoms with Crippen LogP contribution < -0.4 is 5.32 Å². The topological polar surface area (TPSA) is 12.0 Å². The summed E-state index contributed by atoms with van der Waals surface area (Å²) in [5.74, 6) is 0.704. The highest BCUT2D eigenvalue weighted by Crippen LogP contribution is 2.23. The van der Waals surface area contributed by atoms with E-state index in [1.165, 1.54) is 10.5 Å². The van der Waals surface area contributed by atoms with E-state index in [0.29, 0.717) is 5.92 Å². The Morgan fingerprint density at radius 1 is 1.40 bits per heavy atom. The maximum atomic E-state index is 3.51. The highest BCUT2D eigenvalue weighted by Gasteiger charge is 2.02. The summed E-state index contributed by atoms with van der Waals surface area (Å²) in [6, 6.07) is 6.46. The van der Waals surface area contributed by atoms with Gasteiger partial charge >= 0.3 is 0 Å². The van der Waals surface area contributed by atoms with E-state index in [4.69, 9.17) is 0 Å². The van der Waals surface area contributed by atoms with E-state index in [9.17, 15) is 0 Å². The lowest BCUT2D eigenvalue weighted by atomic mass is 10.2. The van der Waals surface area contributed by atoms with E-state index >= 15 is 0 Å². The zero-order valence-electron chi connectivity index (χ0n) is 9.51. The Hall–Kier alpha value is 0.01000. The quantitative estimate of drug-likeness (QED) is 0.824. The molecule has 0 aliphatic heterocycles. The molecule has 0 aliphatic rings. The molecule has 0 heterocycles. The maximum Gasteiger partial charge on any atom is 0.0217 e.